The predicted molar refractivity (Wildman–Crippen MR) is 150 cm³/mol. The lowest BCUT2D eigenvalue weighted by molar-refractivity contribution is 0.108. The maximum atomic E-state index is 15.3. The van der Waals surface area contributed by atoms with Gasteiger partial charge in [-0.25, -0.2) is 19.2 Å². The van der Waals surface area contributed by atoms with E-state index in [1.807, 2.05) is 20.8 Å². The van der Waals surface area contributed by atoms with E-state index in [0.717, 1.165) is 30.5 Å². The summed E-state index contributed by atoms with van der Waals surface area (Å²) < 4.78 is 31.5. The quantitative estimate of drug-likeness (QED) is 0.417. The van der Waals surface area contributed by atoms with Crippen LogP contribution in [0, 0.1) is 32.0 Å². The second-order valence-electron chi connectivity index (χ2n) is 11.0. The molecular formula is C29H37FN6O5. The van der Waals surface area contributed by atoms with E-state index in [1.54, 1.807) is 18.0 Å². The first kappa shape index (κ1) is 28.7. The Labute approximate surface area is 238 Å². The van der Waals surface area contributed by atoms with Crippen molar-refractivity contribution in [3.63, 3.8) is 0 Å². The van der Waals surface area contributed by atoms with Crippen LogP contribution in [0.1, 0.15) is 29.9 Å². The number of aryl methyl sites for hydroxylation is 2. The molecule has 220 valence electrons. The van der Waals surface area contributed by atoms with Crippen LogP contribution in [0.4, 0.5) is 15.0 Å². The summed E-state index contributed by atoms with van der Waals surface area (Å²) in [6.07, 6.45) is 0.749. The standard InChI is InChI=1S/C29H37FN6O5/c1-17-25(24-18(2)34-41-19(24)3)32-26(22-12-21(6-7-23(22)30)40-14-20(37)13-31-4)33-27(17)35-10-8-29(15-35)9-11-36(16-29)28(38)39-5/h6-7,12,20,31,37H,8-11,13-16H2,1-5H3. The molecule has 4 heterocycles. The molecule has 2 aliphatic rings. The fourth-order valence-corrected chi connectivity index (χ4v) is 5.92. The Hall–Kier alpha value is -3.77. The molecule has 1 spiro atoms. The number of aromatic nitrogens is 3. The normalized spacial score (nSPS) is 19.3. The van der Waals surface area contributed by atoms with E-state index in [9.17, 15) is 9.90 Å². The minimum atomic E-state index is -0.713. The van der Waals surface area contributed by atoms with Crippen LogP contribution in [0.15, 0.2) is 22.7 Å². The molecule has 2 N–H and O–H groups in total. The van der Waals surface area contributed by atoms with Crippen LogP contribution < -0.4 is 15.0 Å². The average Bonchev–Trinajstić information content (AvgIpc) is 3.67. The number of benzene rings is 1. The molecule has 1 amide bonds. The number of ether oxygens (including phenoxy) is 2. The van der Waals surface area contributed by atoms with Crippen molar-refractivity contribution in [3.05, 3.63) is 41.0 Å². The molecule has 12 heteroatoms. The number of likely N-dealkylation sites (tertiary alicyclic amines) is 1. The topological polar surface area (TPSA) is 126 Å². The molecular weight excluding hydrogens is 531 g/mol. The SMILES string of the molecule is CNCC(O)COc1ccc(F)c(-c2nc(-c3c(C)noc3C)c(C)c(N3CCC4(CCN(C(=O)OC)C4)C3)n2)c1. The monoisotopic (exact) mass is 568 g/mol. The second-order valence-corrected chi connectivity index (χ2v) is 11.0. The molecule has 2 saturated heterocycles. The van der Waals surface area contributed by atoms with Gasteiger partial charge in [0.1, 0.15) is 35.9 Å². The van der Waals surface area contributed by atoms with Gasteiger partial charge in [-0.15, -0.1) is 0 Å². The summed E-state index contributed by atoms with van der Waals surface area (Å²) >= 11 is 0. The molecule has 0 bridgehead atoms. The largest absolute Gasteiger partial charge is 0.491 e. The third kappa shape index (κ3) is 5.71. The zero-order valence-electron chi connectivity index (χ0n) is 24.2. The van der Waals surface area contributed by atoms with Crippen LogP contribution in [0.3, 0.4) is 0 Å². The number of nitrogens with zero attached hydrogens (tertiary/aromatic N) is 5. The lowest BCUT2D eigenvalue weighted by atomic mass is 9.86. The number of hydrogen-bond donors (Lipinski definition) is 2. The van der Waals surface area contributed by atoms with Crippen LogP contribution in [-0.2, 0) is 4.74 Å². The Balaban J connectivity index is 1.54. The first-order valence-corrected chi connectivity index (χ1v) is 13.8. The van der Waals surface area contributed by atoms with Crippen molar-refractivity contribution in [1.29, 1.82) is 0 Å². The number of amides is 1. The predicted octanol–water partition coefficient (Wildman–Crippen LogP) is 3.49. The summed E-state index contributed by atoms with van der Waals surface area (Å²) in [5.41, 5.74) is 3.02. The highest BCUT2D eigenvalue weighted by Gasteiger charge is 2.46. The number of aliphatic hydroxyl groups is 1. The van der Waals surface area contributed by atoms with Crippen molar-refractivity contribution in [1.82, 2.24) is 25.3 Å². The highest BCUT2D eigenvalue weighted by molar-refractivity contribution is 5.75. The lowest BCUT2D eigenvalue weighted by Crippen LogP contribution is -2.34. The summed E-state index contributed by atoms with van der Waals surface area (Å²) in [6, 6.07) is 4.40. The van der Waals surface area contributed by atoms with Gasteiger partial charge in [-0.1, -0.05) is 5.16 Å². The summed E-state index contributed by atoms with van der Waals surface area (Å²) in [7, 11) is 3.14. The Morgan fingerprint density at radius 3 is 2.71 bits per heavy atom. The van der Waals surface area contributed by atoms with Gasteiger partial charge in [0.05, 0.1) is 29.6 Å². The molecule has 41 heavy (non-hydrogen) atoms. The maximum Gasteiger partial charge on any atom is 0.409 e. The van der Waals surface area contributed by atoms with E-state index >= 15 is 4.39 Å². The lowest BCUT2D eigenvalue weighted by Gasteiger charge is -2.26. The van der Waals surface area contributed by atoms with Crippen LogP contribution in [-0.4, -0.2) is 90.8 Å². The third-order valence-corrected chi connectivity index (χ3v) is 8.06. The van der Waals surface area contributed by atoms with E-state index in [4.69, 9.17) is 24.0 Å². The Bertz CT molecular complexity index is 1410. The zero-order chi connectivity index (χ0) is 29.3. The van der Waals surface area contributed by atoms with Crippen LogP contribution >= 0.6 is 0 Å². The summed E-state index contributed by atoms with van der Waals surface area (Å²) in [4.78, 5) is 25.9. The fraction of sp³-hybridized carbons (Fsp3) is 0.517. The van der Waals surface area contributed by atoms with Crippen molar-refractivity contribution >= 4 is 11.9 Å². The summed E-state index contributed by atoms with van der Waals surface area (Å²) in [5, 5.41) is 17.1. The number of rotatable bonds is 8. The van der Waals surface area contributed by atoms with E-state index in [0.29, 0.717) is 54.9 Å². The van der Waals surface area contributed by atoms with Gasteiger partial charge in [-0.2, -0.15) is 0 Å². The van der Waals surface area contributed by atoms with Crippen molar-refractivity contribution in [2.45, 2.75) is 39.7 Å². The molecule has 2 atom stereocenters. The molecule has 1 aromatic carbocycles. The number of nitrogens with one attached hydrogen (secondary N) is 1. The molecule has 11 nitrogen and oxygen atoms in total. The van der Waals surface area contributed by atoms with Crippen LogP contribution in [0.5, 0.6) is 5.75 Å². The Morgan fingerprint density at radius 2 is 2.00 bits per heavy atom. The number of anilines is 1. The van der Waals surface area contributed by atoms with Crippen molar-refractivity contribution in [3.8, 4) is 28.4 Å². The maximum absolute atomic E-state index is 15.3. The van der Waals surface area contributed by atoms with Crippen molar-refractivity contribution < 1.29 is 28.3 Å². The summed E-state index contributed by atoms with van der Waals surface area (Å²) in [5.74, 6) is 1.43. The third-order valence-electron chi connectivity index (χ3n) is 8.06. The molecule has 2 fully saturated rings. The van der Waals surface area contributed by atoms with Crippen LogP contribution in [0.2, 0.25) is 0 Å². The van der Waals surface area contributed by atoms with Gasteiger partial charge in [0, 0.05) is 43.7 Å². The molecule has 2 aromatic heterocycles. The second kappa shape index (κ2) is 11.6. The highest BCUT2D eigenvalue weighted by atomic mass is 19.1. The van der Waals surface area contributed by atoms with Gasteiger partial charge in [0.25, 0.3) is 0 Å². The van der Waals surface area contributed by atoms with E-state index in [-0.39, 0.29) is 29.5 Å². The van der Waals surface area contributed by atoms with E-state index < -0.39 is 11.9 Å². The van der Waals surface area contributed by atoms with Crippen molar-refractivity contribution in [2.24, 2.45) is 5.41 Å². The number of carbonyl (C=O) groups is 1. The minimum Gasteiger partial charge on any atom is -0.491 e. The van der Waals surface area contributed by atoms with Crippen LogP contribution in [0.25, 0.3) is 22.6 Å². The first-order chi connectivity index (χ1) is 19.6. The number of halogens is 1. The van der Waals surface area contributed by atoms with Gasteiger partial charge >= 0.3 is 6.09 Å². The molecule has 5 rings (SSSR count). The molecule has 2 aliphatic heterocycles. The van der Waals surface area contributed by atoms with Gasteiger partial charge in [0.2, 0.25) is 0 Å². The van der Waals surface area contributed by atoms with Gasteiger partial charge in [-0.05, 0) is 58.9 Å². The fourth-order valence-electron chi connectivity index (χ4n) is 5.92. The Kier molecular flexibility index (Phi) is 8.14. The molecule has 2 unspecified atom stereocenters. The molecule has 0 aliphatic carbocycles. The number of methoxy groups -OCH3 is 1. The smallest absolute Gasteiger partial charge is 0.409 e. The number of hydrogen-bond acceptors (Lipinski definition) is 10. The summed E-state index contributed by atoms with van der Waals surface area (Å²) in [6.45, 7) is 8.77. The van der Waals surface area contributed by atoms with Crippen molar-refractivity contribution in [2.75, 3.05) is 58.4 Å². The molecule has 0 saturated carbocycles. The zero-order valence-corrected chi connectivity index (χ0v) is 24.2. The molecule has 3 aromatic rings. The number of carbonyl (C=O) groups excluding carboxylic acids is 1. The van der Waals surface area contributed by atoms with E-state index in [1.165, 1.54) is 19.2 Å². The molecule has 0 radical (unpaired) electrons. The minimum absolute atomic E-state index is 0.0503. The van der Waals surface area contributed by atoms with Gasteiger partial charge < -0.3 is 34.2 Å². The number of likely N-dealkylation sites (N-methyl/N-ethyl adjacent to an activating group) is 1. The average molecular weight is 569 g/mol. The Morgan fingerprint density at radius 1 is 1.22 bits per heavy atom. The van der Waals surface area contributed by atoms with Gasteiger partial charge in [0.15, 0.2) is 5.82 Å². The number of aliphatic hydroxyl groups excluding tert-OH is 1. The van der Waals surface area contributed by atoms with E-state index in [2.05, 4.69) is 15.4 Å². The van der Waals surface area contributed by atoms with Gasteiger partial charge in [-0.3, -0.25) is 0 Å². The first-order valence-electron chi connectivity index (χ1n) is 13.8. The highest BCUT2D eigenvalue weighted by Crippen LogP contribution is 2.43.